The zero-order chi connectivity index (χ0) is 18.3. The first-order valence-electron chi connectivity index (χ1n) is 9.44. The van der Waals surface area contributed by atoms with Crippen molar-refractivity contribution >= 4 is 34.8 Å². The van der Waals surface area contributed by atoms with Gasteiger partial charge in [0.2, 0.25) is 5.91 Å². The number of unbranched alkanes of at least 4 members (excludes halogenated alkanes) is 8. The zero-order valence-corrected chi connectivity index (χ0v) is 16.9. The lowest BCUT2D eigenvalue weighted by Gasteiger charge is -2.10. The molecule has 1 rings (SSSR count). The van der Waals surface area contributed by atoms with Gasteiger partial charge in [-0.2, -0.15) is 0 Å². The molecule has 0 unspecified atom stereocenters. The highest BCUT2D eigenvalue weighted by atomic mass is 35.5. The number of benzene rings is 1. The minimum Gasteiger partial charge on any atom is -0.358 e. The van der Waals surface area contributed by atoms with Gasteiger partial charge >= 0.3 is 0 Å². The number of halogens is 1. The van der Waals surface area contributed by atoms with Gasteiger partial charge in [0, 0.05) is 18.0 Å². The van der Waals surface area contributed by atoms with Gasteiger partial charge in [-0.3, -0.25) is 4.79 Å². The highest BCUT2D eigenvalue weighted by Gasteiger charge is 2.05. The van der Waals surface area contributed by atoms with Crippen molar-refractivity contribution < 1.29 is 4.79 Å². The van der Waals surface area contributed by atoms with Gasteiger partial charge in [-0.05, 0) is 30.3 Å². The van der Waals surface area contributed by atoms with Gasteiger partial charge in [-0.15, -0.1) is 0 Å². The van der Waals surface area contributed by atoms with E-state index in [1.165, 1.54) is 44.9 Å². The molecular formula is C20H31ClN2OS. The fourth-order valence-corrected chi connectivity index (χ4v) is 3.04. The third-order valence-electron chi connectivity index (χ3n) is 4.16. The molecule has 0 saturated heterocycles. The molecule has 3 nitrogen and oxygen atoms in total. The van der Waals surface area contributed by atoms with E-state index in [0.29, 0.717) is 23.1 Å². The van der Waals surface area contributed by atoms with E-state index in [0.717, 1.165) is 18.4 Å². The van der Waals surface area contributed by atoms with Crippen molar-refractivity contribution in [3.05, 3.63) is 34.9 Å². The standard InChI is InChI=1S/C20H31ClN2OS/c1-2-3-4-5-6-7-8-9-10-15-19(24)23-20(25)22-16-17-13-11-12-14-18(17)21/h11-14H,2-10,15-16H2,1H3,(H2,22,23,24,25). The summed E-state index contributed by atoms with van der Waals surface area (Å²) in [6.45, 7) is 2.75. The third kappa shape index (κ3) is 11.2. The SMILES string of the molecule is CCCCCCCCCCCC(=O)NC(=S)NCc1ccccc1Cl. The monoisotopic (exact) mass is 382 g/mol. The third-order valence-corrected chi connectivity index (χ3v) is 4.77. The van der Waals surface area contributed by atoms with E-state index in [9.17, 15) is 4.79 Å². The summed E-state index contributed by atoms with van der Waals surface area (Å²) in [5, 5.41) is 6.81. The molecule has 0 bridgehead atoms. The summed E-state index contributed by atoms with van der Waals surface area (Å²) in [5.74, 6) is -0.0143. The Morgan fingerprint density at radius 1 is 1.00 bits per heavy atom. The molecule has 0 aromatic heterocycles. The summed E-state index contributed by atoms with van der Waals surface area (Å²) in [5.41, 5.74) is 0.958. The summed E-state index contributed by atoms with van der Waals surface area (Å²) < 4.78 is 0. The Hall–Kier alpha value is -1.13. The molecule has 0 aliphatic rings. The van der Waals surface area contributed by atoms with Crippen LogP contribution in [-0.4, -0.2) is 11.0 Å². The first kappa shape index (κ1) is 21.9. The summed E-state index contributed by atoms with van der Waals surface area (Å²) in [7, 11) is 0. The summed E-state index contributed by atoms with van der Waals surface area (Å²) in [6, 6.07) is 7.58. The lowest BCUT2D eigenvalue weighted by molar-refractivity contribution is -0.119. The average molecular weight is 383 g/mol. The van der Waals surface area contributed by atoms with Crippen molar-refractivity contribution in [2.75, 3.05) is 0 Å². The van der Waals surface area contributed by atoms with E-state index in [1.807, 2.05) is 24.3 Å². The van der Waals surface area contributed by atoms with Gasteiger partial charge in [0.25, 0.3) is 0 Å². The molecule has 0 spiro atoms. The second kappa shape index (κ2) is 14.1. The number of hydrogen-bond acceptors (Lipinski definition) is 2. The number of hydrogen-bond donors (Lipinski definition) is 2. The molecule has 1 aromatic rings. The molecule has 0 atom stereocenters. The Kier molecular flexibility index (Phi) is 12.3. The van der Waals surface area contributed by atoms with Crippen molar-refractivity contribution in [3.8, 4) is 0 Å². The average Bonchev–Trinajstić information content (AvgIpc) is 2.59. The molecule has 5 heteroatoms. The summed E-state index contributed by atoms with van der Waals surface area (Å²) >= 11 is 11.2. The zero-order valence-electron chi connectivity index (χ0n) is 15.3. The van der Waals surface area contributed by atoms with Crippen LogP contribution in [0.1, 0.15) is 76.7 Å². The molecule has 0 fully saturated rings. The van der Waals surface area contributed by atoms with Gasteiger partial charge < -0.3 is 10.6 Å². The Morgan fingerprint density at radius 2 is 1.60 bits per heavy atom. The van der Waals surface area contributed by atoms with Crippen molar-refractivity contribution in [2.45, 2.75) is 77.7 Å². The second-order valence-electron chi connectivity index (χ2n) is 6.40. The fourth-order valence-electron chi connectivity index (χ4n) is 2.65. The minimum atomic E-state index is -0.0143. The van der Waals surface area contributed by atoms with E-state index in [-0.39, 0.29) is 5.91 Å². The van der Waals surface area contributed by atoms with Crippen molar-refractivity contribution in [3.63, 3.8) is 0 Å². The van der Waals surface area contributed by atoms with Crippen molar-refractivity contribution in [1.29, 1.82) is 0 Å². The van der Waals surface area contributed by atoms with Crippen LogP contribution in [-0.2, 0) is 11.3 Å². The normalized spacial score (nSPS) is 10.5. The molecule has 1 aromatic carbocycles. The highest BCUT2D eigenvalue weighted by molar-refractivity contribution is 7.80. The number of carbonyl (C=O) groups is 1. The lowest BCUT2D eigenvalue weighted by atomic mass is 10.1. The van der Waals surface area contributed by atoms with Crippen LogP contribution in [0.15, 0.2) is 24.3 Å². The number of carbonyl (C=O) groups excluding carboxylic acids is 1. The Morgan fingerprint density at radius 3 is 2.24 bits per heavy atom. The first-order chi connectivity index (χ1) is 12.1. The molecule has 0 heterocycles. The van der Waals surface area contributed by atoms with E-state index >= 15 is 0 Å². The van der Waals surface area contributed by atoms with E-state index in [1.54, 1.807) is 0 Å². The Labute approximate surface area is 162 Å². The molecule has 1 amide bonds. The number of rotatable bonds is 12. The maximum Gasteiger partial charge on any atom is 0.226 e. The van der Waals surface area contributed by atoms with Crippen LogP contribution >= 0.6 is 23.8 Å². The van der Waals surface area contributed by atoms with Crippen LogP contribution < -0.4 is 10.6 Å². The Bertz CT molecular complexity index is 522. The topological polar surface area (TPSA) is 41.1 Å². The van der Waals surface area contributed by atoms with Gasteiger partial charge in [0.15, 0.2) is 5.11 Å². The van der Waals surface area contributed by atoms with E-state index < -0.39 is 0 Å². The van der Waals surface area contributed by atoms with Gasteiger partial charge in [0.05, 0.1) is 0 Å². The molecule has 2 N–H and O–H groups in total. The predicted molar refractivity (Wildman–Crippen MR) is 111 cm³/mol. The van der Waals surface area contributed by atoms with Crippen molar-refractivity contribution in [1.82, 2.24) is 10.6 Å². The van der Waals surface area contributed by atoms with Crippen LogP contribution in [0.3, 0.4) is 0 Å². The fraction of sp³-hybridized carbons (Fsp3) is 0.600. The number of nitrogens with one attached hydrogen (secondary N) is 2. The maximum atomic E-state index is 11.9. The molecule has 0 aliphatic heterocycles. The summed E-state index contributed by atoms with van der Waals surface area (Å²) in [6.07, 6.45) is 11.7. The smallest absolute Gasteiger partial charge is 0.226 e. The largest absolute Gasteiger partial charge is 0.358 e. The van der Waals surface area contributed by atoms with Crippen LogP contribution in [0, 0.1) is 0 Å². The molecular weight excluding hydrogens is 352 g/mol. The predicted octanol–water partition coefficient (Wildman–Crippen LogP) is 5.75. The van der Waals surface area contributed by atoms with E-state index in [4.69, 9.17) is 23.8 Å². The van der Waals surface area contributed by atoms with Gasteiger partial charge in [0.1, 0.15) is 0 Å². The van der Waals surface area contributed by atoms with Crippen LogP contribution in [0.25, 0.3) is 0 Å². The molecule has 0 aliphatic carbocycles. The Balaban J connectivity index is 2.02. The maximum absolute atomic E-state index is 11.9. The number of thiocarbonyl (C=S) groups is 1. The molecule has 140 valence electrons. The highest BCUT2D eigenvalue weighted by Crippen LogP contribution is 2.14. The van der Waals surface area contributed by atoms with Gasteiger partial charge in [-0.1, -0.05) is 88.1 Å². The van der Waals surface area contributed by atoms with Crippen LogP contribution in [0.2, 0.25) is 5.02 Å². The van der Waals surface area contributed by atoms with Crippen LogP contribution in [0.4, 0.5) is 0 Å². The summed E-state index contributed by atoms with van der Waals surface area (Å²) in [4.78, 5) is 11.9. The molecule has 0 saturated carbocycles. The minimum absolute atomic E-state index is 0.0143. The molecule has 0 radical (unpaired) electrons. The van der Waals surface area contributed by atoms with E-state index in [2.05, 4.69) is 17.6 Å². The number of amides is 1. The molecule has 25 heavy (non-hydrogen) atoms. The first-order valence-corrected chi connectivity index (χ1v) is 10.2. The quantitative estimate of drug-likeness (QED) is 0.357. The van der Waals surface area contributed by atoms with Crippen LogP contribution in [0.5, 0.6) is 0 Å². The second-order valence-corrected chi connectivity index (χ2v) is 7.22. The van der Waals surface area contributed by atoms with Crippen molar-refractivity contribution in [2.24, 2.45) is 0 Å². The van der Waals surface area contributed by atoms with Gasteiger partial charge in [-0.25, -0.2) is 0 Å². The lowest BCUT2D eigenvalue weighted by Crippen LogP contribution is -2.38.